The molecule has 1 saturated carbocycles. The number of aryl methyl sites for hydroxylation is 1. The van der Waals surface area contributed by atoms with Gasteiger partial charge in [-0.25, -0.2) is 4.39 Å². The van der Waals surface area contributed by atoms with Gasteiger partial charge < -0.3 is 9.84 Å². The Hall–Kier alpha value is -1.71. The van der Waals surface area contributed by atoms with Gasteiger partial charge in [-0.15, -0.1) is 0 Å². The lowest BCUT2D eigenvalue weighted by molar-refractivity contribution is -0.0122. The molecule has 0 unspecified atom stereocenters. The highest BCUT2D eigenvalue weighted by Crippen LogP contribution is 2.56. The van der Waals surface area contributed by atoms with Crippen molar-refractivity contribution in [1.29, 1.82) is 0 Å². The SMILES string of the molecule is Cc1ccc(C(C)C)c([C@H]2CO[C@]3(CC[C@H](CO)[C@H]3c3ccc(F)cc3)C2)c1. The first-order chi connectivity index (χ1) is 13.4. The molecule has 1 saturated heterocycles. The minimum Gasteiger partial charge on any atom is -0.396 e. The Morgan fingerprint density at radius 2 is 1.93 bits per heavy atom. The van der Waals surface area contributed by atoms with E-state index in [0.717, 1.165) is 31.4 Å². The number of halogens is 1. The van der Waals surface area contributed by atoms with Crippen LogP contribution in [-0.4, -0.2) is 23.9 Å². The highest BCUT2D eigenvalue weighted by Gasteiger charge is 2.54. The van der Waals surface area contributed by atoms with Gasteiger partial charge in [0.05, 0.1) is 12.2 Å². The molecule has 2 nitrogen and oxygen atoms in total. The molecule has 0 radical (unpaired) electrons. The number of benzene rings is 2. The van der Waals surface area contributed by atoms with Crippen molar-refractivity contribution >= 4 is 0 Å². The standard InChI is InChI=1S/C25H31FO2/c1-16(2)22-9-4-17(3)12-23(22)20-13-25(28-15-20)11-10-19(14-27)24(25)18-5-7-21(26)8-6-18/h4-9,12,16,19-20,24,27H,10-11,13-15H2,1-3H3/t19-,20-,24-,25-/m1/s1. The van der Waals surface area contributed by atoms with Crippen molar-refractivity contribution in [3.8, 4) is 0 Å². The van der Waals surface area contributed by atoms with Crippen LogP contribution < -0.4 is 0 Å². The molecule has 0 amide bonds. The lowest BCUT2D eigenvalue weighted by Crippen LogP contribution is -2.34. The fourth-order valence-corrected chi connectivity index (χ4v) is 5.59. The lowest BCUT2D eigenvalue weighted by atomic mass is 9.75. The average molecular weight is 383 g/mol. The van der Waals surface area contributed by atoms with Crippen molar-refractivity contribution in [3.05, 3.63) is 70.5 Å². The summed E-state index contributed by atoms with van der Waals surface area (Å²) in [6, 6.07) is 13.6. The second-order valence-corrected chi connectivity index (χ2v) is 9.07. The lowest BCUT2D eigenvalue weighted by Gasteiger charge is -2.33. The Balaban J connectivity index is 1.68. The number of hydrogen-bond donors (Lipinski definition) is 1. The normalized spacial score (nSPS) is 29.9. The topological polar surface area (TPSA) is 29.5 Å². The predicted molar refractivity (Wildman–Crippen MR) is 110 cm³/mol. The van der Waals surface area contributed by atoms with E-state index >= 15 is 0 Å². The summed E-state index contributed by atoms with van der Waals surface area (Å²) >= 11 is 0. The van der Waals surface area contributed by atoms with Crippen LogP contribution in [0.2, 0.25) is 0 Å². The van der Waals surface area contributed by atoms with Crippen LogP contribution in [0.1, 0.15) is 73.1 Å². The van der Waals surface area contributed by atoms with Crippen molar-refractivity contribution in [2.24, 2.45) is 5.92 Å². The van der Waals surface area contributed by atoms with E-state index in [9.17, 15) is 9.50 Å². The van der Waals surface area contributed by atoms with E-state index in [1.165, 1.54) is 28.8 Å². The van der Waals surface area contributed by atoms with Crippen molar-refractivity contribution in [3.63, 3.8) is 0 Å². The molecular weight excluding hydrogens is 351 g/mol. The number of aliphatic hydroxyl groups is 1. The summed E-state index contributed by atoms with van der Waals surface area (Å²) < 4.78 is 20.0. The summed E-state index contributed by atoms with van der Waals surface area (Å²) in [4.78, 5) is 0. The third kappa shape index (κ3) is 3.40. The van der Waals surface area contributed by atoms with Gasteiger partial charge in [-0.1, -0.05) is 49.7 Å². The molecule has 2 aromatic rings. The molecule has 28 heavy (non-hydrogen) atoms. The second-order valence-electron chi connectivity index (χ2n) is 9.07. The Labute approximate surface area is 167 Å². The van der Waals surface area contributed by atoms with E-state index in [4.69, 9.17) is 4.74 Å². The average Bonchev–Trinajstić information content (AvgIpc) is 3.26. The van der Waals surface area contributed by atoms with Crippen LogP contribution in [0, 0.1) is 18.7 Å². The fraction of sp³-hybridized carbons (Fsp3) is 0.520. The summed E-state index contributed by atoms with van der Waals surface area (Å²) in [5.74, 6) is 0.927. The van der Waals surface area contributed by atoms with Crippen LogP contribution in [0.3, 0.4) is 0 Å². The molecule has 4 rings (SSSR count). The molecule has 2 aliphatic rings. The first-order valence-electron chi connectivity index (χ1n) is 10.5. The van der Waals surface area contributed by atoms with E-state index in [0.29, 0.717) is 11.8 Å². The van der Waals surface area contributed by atoms with Gasteiger partial charge in [-0.05, 0) is 66.8 Å². The third-order valence-electron chi connectivity index (χ3n) is 6.91. The van der Waals surface area contributed by atoms with Gasteiger partial charge in [-0.3, -0.25) is 0 Å². The maximum absolute atomic E-state index is 13.5. The Morgan fingerprint density at radius 3 is 2.61 bits per heavy atom. The maximum atomic E-state index is 13.5. The van der Waals surface area contributed by atoms with Crippen LogP contribution >= 0.6 is 0 Å². The van der Waals surface area contributed by atoms with Crippen LogP contribution in [0.4, 0.5) is 4.39 Å². The zero-order valence-electron chi connectivity index (χ0n) is 17.1. The Bertz CT molecular complexity index is 829. The van der Waals surface area contributed by atoms with Crippen molar-refractivity contribution in [2.45, 2.75) is 63.4 Å². The maximum Gasteiger partial charge on any atom is 0.123 e. The van der Waals surface area contributed by atoms with Crippen LogP contribution in [0.5, 0.6) is 0 Å². The summed E-state index contributed by atoms with van der Waals surface area (Å²) in [6.45, 7) is 7.52. The van der Waals surface area contributed by atoms with Gasteiger partial charge in [-0.2, -0.15) is 0 Å². The van der Waals surface area contributed by atoms with E-state index in [1.54, 1.807) is 0 Å². The van der Waals surface area contributed by atoms with Crippen LogP contribution in [-0.2, 0) is 4.74 Å². The fourth-order valence-electron chi connectivity index (χ4n) is 5.59. The largest absolute Gasteiger partial charge is 0.396 e. The van der Waals surface area contributed by atoms with Crippen LogP contribution in [0.25, 0.3) is 0 Å². The molecule has 1 heterocycles. The first-order valence-corrected chi connectivity index (χ1v) is 10.5. The molecule has 1 aliphatic heterocycles. The third-order valence-corrected chi connectivity index (χ3v) is 6.91. The quantitative estimate of drug-likeness (QED) is 0.736. The molecule has 3 heteroatoms. The Kier molecular flexibility index (Phi) is 5.32. The van der Waals surface area contributed by atoms with Gasteiger partial charge in [0.2, 0.25) is 0 Å². The molecule has 0 bridgehead atoms. The van der Waals surface area contributed by atoms with Gasteiger partial charge >= 0.3 is 0 Å². The molecule has 1 spiro atoms. The summed E-state index contributed by atoms with van der Waals surface area (Å²) in [6.07, 6.45) is 2.88. The van der Waals surface area contributed by atoms with Gasteiger partial charge in [0, 0.05) is 18.4 Å². The van der Waals surface area contributed by atoms with Gasteiger partial charge in [0.25, 0.3) is 0 Å². The molecule has 2 aromatic carbocycles. The number of aliphatic hydroxyl groups excluding tert-OH is 1. The smallest absolute Gasteiger partial charge is 0.123 e. The second kappa shape index (κ2) is 7.61. The highest BCUT2D eigenvalue weighted by molar-refractivity contribution is 5.38. The molecule has 4 atom stereocenters. The van der Waals surface area contributed by atoms with Gasteiger partial charge in [0.1, 0.15) is 5.82 Å². The molecule has 2 fully saturated rings. The molecule has 1 aliphatic carbocycles. The first kappa shape index (κ1) is 19.6. The zero-order valence-corrected chi connectivity index (χ0v) is 17.1. The van der Waals surface area contributed by atoms with Crippen molar-refractivity contribution in [2.75, 3.05) is 13.2 Å². The number of rotatable bonds is 4. The van der Waals surface area contributed by atoms with E-state index in [-0.39, 0.29) is 29.9 Å². The number of hydrogen-bond acceptors (Lipinski definition) is 2. The minimum atomic E-state index is -0.256. The van der Waals surface area contributed by atoms with E-state index in [1.807, 2.05) is 12.1 Å². The minimum absolute atomic E-state index is 0.121. The van der Waals surface area contributed by atoms with E-state index in [2.05, 4.69) is 39.0 Å². The van der Waals surface area contributed by atoms with Crippen LogP contribution in [0.15, 0.2) is 42.5 Å². The highest BCUT2D eigenvalue weighted by atomic mass is 19.1. The monoisotopic (exact) mass is 382 g/mol. The Morgan fingerprint density at radius 1 is 1.18 bits per heavy atom. The van der Waals surface area contributed by atoms with Gasteiger partial charge in [0.15, 0.2) is 0 Å². The predicted octanol–water partition coefficient (Wildman–Crippen LogP) is 5.69. The molecule has 1 N–H and O–H groups in total. The zero-order chi connectivity index (χ0) is 19.9. The van der Waals surface area contributed by atoms with Crippen molar-refractivity contribution < 1.29 is 14.2 Å². The summed E-state index contributed by atoms with van der Waals surface area (Å²) in [5.41, 5.74) is 4.94. The molecule has 0 aromatic heterocycles. The van der Waals surface area contributed by atoms with Crippen molar-refractivity contribution in [1.82, 2.24) is 0 Å². The summed E-state index contributed by atoms with van der Waals surface area (Å²) in [5, 5.41) is 10.0. The summed E-state index contributed by atoms with van der Waals surface area (Å²) in [7, 11) is 0. The van der Waals surface area contributed by atoms with E-state index < -0.39 is 0 Å². The molecule has 150 valence electrons. The molecular formula is C25H31FO2. The number of ether oxygens (including phenoxy) is 1.